The average molecular weight is 353 g/mol. The minimum Gasteiger partial charge on any atom is -0.493 e. The quantitative estimate of drug-likeness (QED) is 0.707. The van der Waals surface area contributed by atoms with Crippen LogP contribution in [0.2, 0.25) is 0 Å². The minimum atomic E-state index is -0.576. The second-order valence-electron chi connectivity index (χ2n) is 6.57. The zero-order valence-corrected chi connectivity index (χ0v) is 14.4. The van der Waals surface area contributed by atoms with Gasteiger partial charge in [-0.2, -0.15) is 0 Å². The molecule has 0 aliphatic carbocycles. The summed E-state index contributed by atoms with van der Waals surface area (Å²) >= 11 is 0. The zero-order valence-electron chi connectivity index (χ0n) is 14.4. The summed E-state index contributed by atoms with van der Waals surface area (Å²) in [4.78, 5) is 13.4. The number of aromatic nitrogens is 1. The molecule has 1 amide bonds. The van der Waals surface area contributed by atoms with E-state index < -0.39 is 5.91 Å². The van der Waals surface area contributed by atoms with Crippen molar-refractivity contribution < 1.29 is 19.2 Å². The first-order chi connectivity index (χ1) is 12.7. The summed E-state index contributed by atoms with van der Waals surface area (Å²) in [6, 6.07) is 10.8. The van der Waals surface area contributed by atoms with Crippen LogP contribution in [0.4, 0.5) is 5.69 Å². The Morgan fingerprint density at radius 1 is 1.15 bits per heavy atom. The van der Waals surface area contributed by atoms with Crippen LogP contribution in [-0.2, 0) is 6.67 Å². The molecule has 2 N–H and O–H groups in total. The lowest BCUT2D eigenvalue weighted by Crippen LogP contribution is -3.12. The number of hydrogen-bond donors (Lipinski definition) is 2. The number of para-hydroxylation sites is 1. The number of hydrogen-bond acceptors (Lipinski definition) is 4. The molecule has 0 spiro atoms. The number of azo groups is 1. The number of aromatic hydroxyl groups is 1. The van der Waals surface area contributed by atoms with Gasteiger partial charge in [0.05, 0.1) is 24.9 Å². The first-order valence-corrected chi connectivity index (χ1v) is 8.87. The summed E-state index contributed by atoms with van der Waals surface area (Å²) in [6.07, 6.45) is 5.10. The van der Waals surface area contributed by atoms with Crippen LogP contribution in [0.1, 0.15) is 29.8 Å². The molecule has 0 unspecified atom stereocenters. The third-order valence-corrected chi connectivity index (χ3v) is 4.83. The number of nitrogens with one attached hydrogen (secondary N) is 1. The number of quaternary nitrogens is 1. The maximum atomic E-state index is 12.0. The van der Waals surface area contributed by atoms with Gasteiger partial charge in [-0.3, -0.25) is 9.36 Å². The predicted octanol–water partition coefficient (Wildman–Crippen LogP) is 2.89. The van der Waals surface area contributed by atoms with Gasteiger partial charge in [0.15, 0.2) is 18.1 Å². The van der Waals surface area contributed by atoms with Crippen molar-refractivity contribution in [3.8, 4) is 5.88 Å². The smallest absolute Gasteiger partial charge is 0.331 e. The number of piperidine rings is 1. The molecule has 1 aliphatic rings. The highest BCUT2D eigenvalue weighted by Crippen LogP contribution is 2.38. The number of amides is 1. The molecular weight excluding hydrogens is 332 g/mol. The zero-order chi connectivity index (χ0) is 17.9. The van der Waals surface area contributed by atoms with E-state index in [-0.39, 0.29) is 11.6 Å². The lowest BCUT2D eigenvalue weighted by molar-refractivity contribution is -0.927. The van der Waals surface area contributed by atoms with E-state index >= 15 is 0 Å². The predicted molar refractivity (Wildman–Crippen MR) is 95.7 cm³/mol. The third kappa shape index (κ3) is 3.13. The molecule has 26 heavy (non-hydrogen) atoms. The fraction of sp³-hybridized carbons (Fsp3) is 0.316. The lowest BCUT2D eigenvalue weighted by atomic mass is 10.1. The number of nitrogens with zero attached hydrogens (tertiary/aromatic N) is 3. The highest BCUT2D eigenvalue weighted by atomic mass is 16.3. The van der Waals surface area contributed by atoms with Crippen molar-refractivity contribution in [1.82, 2.24) is 4.57 Å². The number of furan rings is 1. The van der Waals surface area contributed by atoms with Crippen molar-refractivity contribution in [3.05, 3.63) is 48.4 Å². The van der Waals surface area contributed by atoms with Crippen LogP contribution in [0.3, 0.4) is 0 Å². The monoisotopic (exact) mass is 353 g/mol. The van der Waals surface area contributed by atoms with E-state index in [1.54, 1.807) is 6.07 Å². The van der Waals surface area contributed by atoms with Gasteiger partial charge in [-0.05, 0) is 37.5 Å². The van der Waals surface area contributed by atoms with Crippen molar-refractivity contribution >= 4 is 22.5 Å². The summed E-state index contributed by atoms with van der Waals surface area (Å²) in [6.45, 7) is 2.87. The lowest BCUT2D eigenvalue weighted by Gasteiger charge is -2.24. The number of benzene rings is 1. The van der Waals surface area contributed by atoms with Gasteiger partial charge in [-0.15, -0.1) is 10.2 Å². The van der Waals surface area contributed by atoms with Crippen molar-refractivity contribution in [2.24, 2.45) is 10.2 Å². The summed E-state index contributed by atoms with van der Waals surface area (Å²) in [7, 11) is 0. The molecule has 0 atom stereocenters. The highest BCUT2D eigenvalue weighted by Gasteiger charge is 2.21. The first-order valence-electron chi connectivity index (χ1n) is 8.87. The number of rotatable bonds is 4. The van der Waals surface area contributed by atoms with Crippen LogP contribution >= 0.6 is 0 Å². The molecule has 3 heterocycles. The number of carbonyl (C=O) groups is 1. The van der Waals surface area contributed by atoms with Gasteiger partial charge in [0.25, 0.3) is 0 Å². The van der Waals surface area contributed by atoms with E-state index in [2.05, 4.69) is 10.2 Å². The van der Waals surface area contributed by atoms with Crippen LogP contribution in [0.15, 0.2) is 57.3 Å². The van der Waals surface area contributed by atoms with Crippen LogP contribution in [0.25, 0.3) is 10.9 Å². The van der Waals surface area contributed by atoms with Crippen LogP contribution in [-0.4, -0.2) is 28.7 Å². The SMILES string of the molecule is O=C(N=Nc1c(O)n(C[NH+]2CCCCC2)c2ccccc12)c1ccco1. The van der Waals surface area contributed by atoms with Crippen molar-refractivity contribution in [2.45, 2.75) is 25.9 Å². The minimum absolute atomic E-state index is 0.0419. The number of likely N-dealkylation sites (tertiary alicyclic amines) is 1. The van der Waals surface area contributed by atoms with Gasteiger partial charge in [0, 0.05) is 5.39 Å². The second kappa shape index (κ2) is 7.13. The maximum Gasteiger partial charge on any atom is 0.331 e. The molecule has 1 fully saturated rings. The average Bonchev–Trinajstić information content (AvgIpc) is 3.29. The van der Waals surface area contributed by atoms with Gasteiger partial charge in [0.1, 0.15) is 0 Å². The van der Waals surface area contributed by atoms with Gasteiger partial charge < -0.3 is 14.4 Å². The molecule has 7 nitrogen and oxygen atoms in total. The Labute approximate surface area is 150 Å². The Kier molecular flexibility index (Phi) is 4.53. The molecule has 1 aromatic carbocycles. The van der Waals surface area contributed by atoms with Gasteiger partial charge in [0.2, 0.25) is 5.88 Å². The van der Waals surface area contributed by atoms with Gasteiger partial charge in [-0.25, -0.2) is 0 Å². The summed E-state index contributed by atoms with van der Waals surface area (Å²) in [5.41, 5.74) is 1.21. The molecule has 1 saturated heterocycles. The maximum absolute atomic E-state index is 12.0. The van der Waals surface area contributed by atoms with Crippen molar-refractivity contribution in [3.63, 3.8) is 0 Å². The second-order valence-corrected chi connectivity index (χ2v) is 6.57. The number of carbonyl (C=O) groups excluding carboxylic acids is 1. The first kappa shape index (κ1) is 16.5. The van der Waals surface area contributed by atoms with E-state index in [4.69, 9.17) is 4.42 Å². The Bertz CT molecular complexity index is 937. The molecule has 0 radical (unpaired) electrons. The van der Waals surface area contributed by atoms with E-state index in [0.29, 0.717) is 12.4 Å². The van der Waals surface area contributed by atoms with E-state index in [0.717, 1.165) is 24.0 Å². The van der Waals surface area contributed by atoms with E-state index in [1.165, 1.54) is 36.5 Å². The Hall–Kier alpha value is -2.93. The molecule has 4 rings (SSSR count). The molecule has 0 saturated carbocycles. The van der Waals surface area contributed by atoms with Crippen LogP contribution < -0.4 is 4.90 Å². The molecule has 2 aromatic heterocycles. The van der Waals surface area contributed by atoms with Crippen molar-refractivity contribution in [2.75, 3.05) is 13.1 Å². The molecule has 3 aromatic rings. The molecule has 134 valence electrons. The molecule has 1 aliphatic heterocycles. The van der Waals surface area contributed by atoms with E-state index in [9.17, 15) is 9.90 Å². The van der Waals surface area contributed by atoms with Crippen LogP contribution in [0.5, 0.6) is 5.88 Å². The highest BCUT2D eigenvalue weighted by molar-refractivity contribution is 5.96. The van der Waals surface area contributed by atoms with Gasteiger partial charge in [-0.1, -0.05) is 18.2 Å². The topological polar surface area (TPSA) is 84.5 Å². The Morgan fingerprint density at radius 3 is 2.73 bits per heavy atom. The molecular formula is C19H21N4O3+. The fourth-order valence-corrected chi connectivity index (χ4v) is 3.51. The van der Waals surface area contributed by atoms with Crippen LogP contribution in [0, 0.1) is 0 Å². The Morgan fingerprint density at radius 2 is 1.96 bits per heavy atom. The van der Waals surface area contributed by atoms with Gasteiger partial charge >= 0.3 is 5.91 Å². The Balaban J connectivity index is 1.68. The normalized spacial score (nSPS) is 15.8. The summed E-state index contributed by atoms with van der Waals surface area (Å²) in [5, 5.41) is 19.3. The van der Waals surface area contributed by atoms with E-state index in [1.807, 2.05) is 28.8 Å². The fourth-order valence-electron chi connectivity index (χ4n) is 3.51. The summed E-state index contributed by atoms with van der Waals surface area (Å²) in [5.74, 6) is -0.414. The summed E-state index contributed by atoms with van der Waals surface area (Å²) < 4.78 is 6.90. The molecule has 7 heteroatoms. The molecule has 0 bridgehead atoms. The third-order valence-electron chi connectivity index (χ3n) is 4.83. The van der Waals surface area contributed by atoms with Crippen molar-refractivity contribution in [1.29, 1.82) is 0 Å². The largest absolute Gasteiger partial charge is 0.493 e. The number of fused-ring (bicyclic) bond motifs is 1. The standard InChI is InChI=1S/C19H20N4O3/c24-18(16-9-6-12-26-16)21-20-17-14-7-2-3-8-15(14)23(19(17)25)13-22-10-4-1-5-11-22/h2-3,6-9,12,25H,1,4-5,10-11,13H2/p+1.